The Morgan fingerprint density at radius 2 is 1.02 bits per heavy atom. The summed E-state index contributed by atoms with van der Waals surface area (Å²) in [6, 6.07) is 0. The molecule has 0 heterocycles. The fourth-order valence-electron chi connectivity index (χ4n) is 4.54. The minimum atomic E-state index is -4.74. The maximum Gasteiger partial charge on any atom is 0.469 e. The summed E-state index contributed by atoms with van der Waals surface area (Å²) in [6.07, 6.45) is 28.1. The molecule has 1 atom stereocenters. The Bertz CT molecular complexity index is 691. The molecule has 0 unspecified atom stereocenters. The molecule has 8 nitrogen and oxygen atoms in total. The summed E-state index contributed by atoms with van der Waals surface area (Å²) in [5.74, 6) is -0.905. The minimum absolute atomic E-state index is 0.211. The Hall–Kier alpha value is -1.21. The largest absolute Gasteiger partial charge is 0.469 e. The van der Waals surface area contributed by atoms with Gasteiger partial charge in [-0.2, -0.15) is 0 Å². The lowest BCUT2D eigenvalue weighted by atomic mass is 10.1. The van der Waals surface area contributed by atoms with Gasteiger partial charge in [0.05, 0.1) is 6.61 Å². The van der Waals surface area contributed by atoms with Crippen molar-refractivity contribution in [3.05, 3.63) is 12.2 Å². The van der Waals surface area contributed by atoms with Gasteiger partial charge in [0.25, 0.3) is 0 Å². The SMILES string of the molecule is CCCCCCCCCC/C=C/CCCCCC(=O)OC[C@H](COP(=O)(O)O)OC(=O)CCCCCCCCCC. The molecule has 0 amide bonds. The van der Waals surface area contributed by atoms with Crippen molar-refractivity contribution in [3.8, 4) is 0 Å². The number of carbonyl (C=O) groups is 2. The summed E-state index contributed by atoms with van der Waals surface area (Å²) in [6.45, 7) is 3.61. The molecule has 9 heteroatoms. The first kappa shape index (κ1) is 39.8. The molecule has 0 aromatic carbocycles. The smallest absolute Gasteiger partial charge is 0.462 e. The second-order valence-corrected chi connectivity index (χ2v) is 12.4. The highest BCUT2D eigenvalue weighted by Gasteiger charge is 2.22. The second-order valence-electron chi connectivity index (χ2n) is 11.1. The van der Waals surface area contributed by atoms with Crippen molar-refractivity contribution in [3.63, 3.8) is 0 Å². The van der Waals surface area contributed by atoms with Crippen molar-refractivity contribution < 1.29 is 37.9 Å². The highest BCUT2D eigenvalue weighted by molar-refractivity contribution is 7.46. The molecule has 0 aliphatic heterocycles. The van der Waals surface area contributed by atoms with Crippen LogP contribution in [0.1, 0.15) is 162 Å². The molecule has 0 aliphatic carbocycles. The number of phosphoric ester groups is 1. The maximum absolute atomic E-state index is 12.2. The monoisotopic (exact) mass is 604 g/mol. The van der Waals surface area contributed by atoms with Gasteiger partial charge >= 0.3 is 19.8 Å². The van der Waals surface area contributed by atoms with Crippen LogP contribution in [-0.4, -0.2) is 41.0 Å². The first-order chi connectivity index (χ1) is 19.8. The van der Waals surface area contributed by atoms with Gasteiger partial charge in [-0.25, -0.2) is 4.57 Å². The van der Waals surface area contributed by atoms with E-state index in [-0.39, 0.29) is 19.4 Å². The molecular weight excluding hydrogens is 543 g/mol. The first-order valence-corrected chi connectivity index (χ1v) is 18.0. The lowest BCUT2D eigenvalue weighted by Gasteiger charge is -2.18. The second kappa shape index (κ2) is 28.9. The quantitative estimate of drug-likeness (QED) is 0.0360. The van der Waals surface area contributed by atoms with E-state index in [1.165, 1.54) is 77.0 Å². The van der Waals surface area contributed by atoms with Gasteiger partial charge in [-0.05, 0) is 38.5 Å². The molecule has 0 rings (SSSR count). The summed E-state index contributed by atoms with van der Waals surface area (Å²) in [5.41, 5.74) is 0. The van der Waals surface area contributed by atoms with Crippen molar-refractivity contribution in [1.29, 1.82) is 0 Å². The lowest BCUT2D eigenvalue weighted by molar-refractivity contribution is -0.161. The topological polar surface area (TPSA) is 119 Å². The highest BCUT2D eigenvalue weighted by atomic mass is 31.2. The summed E-state index contributed by atoms with van der Waals surface area (Å²) >= 11 is 0. The van der Waals surface area contributed by atoms with Crippen LogP contribution in [0.25, 0.3) is 0 Å². The van der Waals surface area contributed by atoms with Gasteiger partial charge in [0.15, 0.2) is 6.10 Å². The Labute approximate surface area is 250 Å². The van der Waals surface area contributed by atoms with E-state index in [1.54, 1.807) is 0 Å². The first-order valence-electron chi connectivity index (χ1n) is 16.5. The minimum Gasteiger partial charge on any atom is -0.462 e. The standard InChI is InChI=1S/C32H61O8P/c1-3-5-7-9-11-13-14-15-16-17-18-19-21-22-24-26-31(33)38-28-30(29-39-41(35,36)37)40-32(34)27-25-23-20-12-10-8-6-4-2/h17-18,30H,3-16,19-29H2,1-2H3,(H2,35,36,37)/b18-17+/t30-/m1/s1. The summed E-state index contributed by atoms with van der Waals surface area (Å²) < 4.78 is 26.1. The van der Waals surface area contributed by atoms with Gasteiger partial charge in [0.2, 0.25) is 0 Å². The number of esters is 2. The molecule has 0 fully saturated rings. The van der Waals surface area contributed by atoms with E-state index in [0.717, 1.165) is 44.9 Å². The summed E-state index contributed by atoms with van der Waals surface area (Å²) in [4.78, 5) is 42.3. The van der Waals surface area contributed by atoms with Crippen molar-refractivity contribution in [2.75, 3.05) is 13.2 Å². The van der Waals surface area contributed by atoms with Crippen LogP contribution >= 0.6 is 7.82 Å². The Morgan fingerprint density at radius 1 is 0.610 bits per heavy atom. The average Bonchev–Trinajstić information content (AvgIpc) is 2.93. The number of unbranched alkanes of at least 4 members (excludes halogenated alkanes) is 18. The van der Waals surface area contributed by atoms with E-state index in [2.05, 4.69) is 30.5 Å². The maximum atomic E-state index is 12.2. The summed E-state index contributed by atoms with van der Waals surface area (Å²) in [7, 11) is -4.74. The van der Waals surface area contributed by atoms with E-state index in [4.69, 9.17) is 19.3 Å². The third-order valence-electron chi connectivity index (χ3n) is 7.03. The number of ether oxygens (including phenoxy) is 2. The molecule has 0 saturated heterocycles. The number of hydrogen-bond acceptors (Lipinski definition) is 6. The zero-order valence-electron chi connectivity index (χ0n) is 26.2. The van der Waals surface area contributed by atoms with Crippen LogP contribution in [0.4, 0.5) is 0 Å². The third kappa shape index (κ3) is 31.6. The van der Waals surface area contributed by atoms with Crippen LogP contribution in [0.15, 0.2) is 12.2 Å². The Balaban J connectivity index is 3.99. The lowest BCUT2D eigenvalue weighted by Crippen LogP contribution is -2.29. The molecule has 0 aliphatic rings. The predicted molar refractivity (Wildman–Crippen MR) is 166 cm³/mol. The zero-order valence-corrected chi connectivity index (χ0v) is 27.1. The Morgan fingerprint density at radius 3 is 1.51 bits per heavy atom. The van der Waals surface area contributed by atoms with Crippen molar-refractivity contribution in [1.82, 2.24) is 0 Å². The van der Waals surface area contributed by atoms with Crippen molar-refractivity contribution >= 4 is 19.8 Å². The van der Waals surface area contributed by atoms with Gasteiger partial charge in [-0.3, -0.25) is 14.1 Å². The van der Waals surface area contributed by atoms with E-state index in [9.17, 15) is 14.2 Å². The van der Waals surface area contributed by atoms with E-state index in [1.807, 2.05) is 0 Å². The zero-order chi connectivity index (χ0) is 30.4. The molecule has 0 bridgehead atoms. The Kier molecular flexibility index (Phi) is 28.0. The number of rotatable bonds is 30. The summed E-state index contributed by atoms with van der Waals surface area (Å²) in [5, 5.41) is 0. The molecule has 0 spiro atoms. The fourth-order valence-corrected chi connectivity index (χ4v) is 4.90. The molecule has 2 N–H and O–H groups in total. The number of phosphoric acid groups is 1. The van der Waals surface area contributed by atoms with Gasteiger partial charge in [-0.15, -0.1) is 0 Å². The molecule has 0 radical (unpaired) electrons. The molecular formula is C32H61O8P. The molecule has 242 valence electrons. The van der Waals surface area contributed by atoms with E-state index in [0.29, 0.717) is 12.8 Å². The van der Waals surface area contributed by atoms with Gasteiger partial charge in [0, 0.05) is 12.8 Å². The molecule has 0 aromatic rings. The van der Waals surface area contributed by atoms with Crippen LogP contribution in [0, 0.1) is 0 Å². The van der Waals surface area contributed by atoms with Crippen LogP contribution in [0.3, 0.4) is 0 Å². The van der Waals surface area contributed by atoms with Crippen molar-refractivity contribution in [2.24, 2.45) is 0 Å². The van der Waals surface area contributed by atoms with Crippen molar-refractivity contribution in [2.45, 2.75) is 168 Å². The fraction of sp³-hybridized carbons (Fsp3) is 0.875. The average molecular weight is 605 g/mol. The third-order valence-corrected chi connectivity index (χ3v) is 7.52. The molecule has 41 heavy (non-hydrogen) atoms. The van der Waals surface area contributed by atoms with Crippen LogP contribution in [0.2, 0.25) is 0 Å². The van der Waals surface area contributed by atoms with Crippen LogP contribution in [0.5, 0.6) is 0 Å². The van der Waals surface area contributed by atoms with Crippen LogP contribution in [-0.2, 0) is 28.2 Å². The van der Waals surface area contributed by atoms with E-state index < -0.39 is 32.5 Å². The number of hydrogen-bond donors (Lipinski definition) is 2. The van der Waals surface area contributed by atoms with Gasteiger partial charge in [-0.1, -0.05) is 122 Å². The van der Waals surface area contributed by atoms with Gasteiger partial charge in [0.1, 0.15) is 6.61 Å². The van der Waals surface area contributed by atoms with E-state index >= 15 is 0 Å². The number of carbonyl (C=O) groups excluding carboxylic acids is 2. The highest BCUT2D eigenvalue weighted by Crippen LogP contribution is 2.35. The predicted octanol–water partition coefficient (Wildman–Crippen LogP) is 9.12. The normalized spacial score (nSPS) is 12.6. The van der Waals surface area contributed by atoms with Gasteiger partial charge < -0.3 is 19.3 Å². The molecule has 0 saturated carbocycles. The number of allylic oxidation sites excluding steroid dienone is 2. The van der Waals surface area contributed by atoms with Crippen LogP contribution < -0.4 is 0 Å². The molecule has 0 aromatic heterocycles.